The minimum Gasteiger partial charge on any atom is -0.379 e. The molecule has 0 spiro atoms. The van der Waals surface area contributed by atoms with Gasteiger partial charge in [-0.1, -0.05) is 78.9 Å². The summed E-state index contributed by atoms with van der Waals surface area (Å²) >= 11 is 0. The molecule has 6 heteroatoms. The number of benzene rings is 4. The summed E-state index contributed by atoms with van der Waals surface area (Å²) in [4.78, 5) is 14.0. The van der Waals surface area contributed by atoms with Gasteiger partial charge in [-0.05, 0) is 71.8 Å². The van der Waals surface area contributed by atoms with E-state index in [1.165, 1.54) is 27.7 Å². The Morgan fingerprint density at radius 1 is 0.500 bits per heavy atom. The topological polar surface area (TPSA) is 60.6 Å². The number of fused-ring (bicyclic) bond motifs is 6. The molecule has 9 aromatic rings. The monoisotopic (exact) mass is 642 g/mol. The minimum atomic E-state index is 0.840. The average Bonchev–Trinajstić information content (AvgIpc) is 3.71. The zero-order chi connectivity index (χ0) is 33.0. The van der Waals surface area contributed by atoms with Crippen LogP contribution in [0.3, 0.4) is 0 Å². The molecule has 6 heterocycles. The van der Waals surface area contributed by atoms with Crippen molar-refractivity contribution in [2.24, 2.45) is 0 Å². The lowest BCUT2D eigenvalue weighted by molar-refractivity contribution is 1.10. The number of nitrogens with zero attached hydrogens (tertiary/aromatic N) is 5. The SMILES string of the molecule is C1=Cc2c(c3ccccc3n2-c2ccc(-c3ccc(-c4ccc(-c5cccc(-n6c7ccccc7c7cnccc76)c5)cn4)nc3)cc2)NC1. The molecule has 0 saturated carbocycles. The van der Waals surface area contributed by atoms with E-state index in [0.717, 1.165) is 68.0 Å². The maximum Gasteiger partial charge on any atom is 0.0886 e. The normalized spacial score (nSPS) is 12.4. The molecule has 0 saturated heterocycles. The smallest absolute Gasteiger partial charge is 0.0886 e. The van der Waals surface area contributed by atoms with Crippen LogP contribution in [0.2, 0.25) is 0 Å². The van der Waals surface area contributed by atoms with Crippen molar-refractivity contribution in [1.29, 1.82) is 0 Å². The summed E-state index contributed by atoms with van der Waals surface area (Å²) in [6, 6.07) is 44.8. The van der Waals surface area contributed by atoms with Gasteiger partial charge in [-0.15, -0.1) is 0 Å². The quantitative estimate of drug-likeness (QED) is 0.203. The van der Waals surface area contributed by atoms with Crippen LogP contribution in [0.1, 0.15) is 5.69 Å². The largest absolute Gasteiger partial charge is 0.379 e. The number of hydrogen-bond donors (Lipinski definition) is 1. The molecule has 0 atom stereocenters. The summed E-state index contributed by atoms with van der Waals surface area (Å²) in [5.41, 5.74) is 14.1. The number of nitrogens with one attached hydrogen (secondary N) is 1. The van der Waals surface area contributed by atoms with Crippen molar-refractivity contribution in [2.45, 2.75) is 0 Å². The molecule has 1 N–H and O–H groups in total. The predicted octanol–water partition coefficient (Wildman–Crippen LogP) is 10.4. The van der Waals surface area contributed by atoms with Crippen LogP contribution in [0.5, 0.6) is 0 Å². The number of pyridine rings is 3. The summed E-state index contributed by atoms with van der Waals surface area (Å²) in [7, 11) is 0. The maximum absolute atomic E-state index is 4.83. The zero-order valence-corrected chi connectivity index (χ0v) is 27.0. The molecule has 5 aromatic heterocycles. The Kier molecular flexibility index (Phi) is 6.45. The highest BCUT2D eigenvalue weighted by Gasteiger charge is 2.18. The fraction of sp³-hybridized carbons (Fsp3) is 0.0227. The molecule has 4 aromatic carbocycles. The van der Waals surface area contributed by atoms with E-state index in [-0.39, 0.29) is 0 Å². The average molecular weight is 643 g/mol. The lowest BCUT2D eigenvalue weighted by Gasteiger charge is -2.13. The molecule has 6 nitrogen and oxygen atoms in total. The Hall–Kier alpha value is -6.79. The summed E-state index contributed by atoms with van der Waals surface area (Å²) < 4.78 is 4.63. The van der Waals surface area contributed by atoms with Crippen LogP contribution in [0.4, 0.5) is 5.69 Å². The fourth-order valence-corrected chi connectivity index (χ4v) is 7.37. The molecule has 0 unspecified atom stereocenters. The maximum atomic E-state index is 4.83. The Bertz CT molecular complexity index is 2680. The highest BCUT2D eigenvalue weighted by molar-refractivity contribution is 6.09. The van der Waals surface area contributed by atoms with Gasteiger partial charge < -0.3 is 14.5 Å². The van der Waals surface area contributed by atoms with Crippen molar-refractivity contribution in [1.82, 2.24) is 24.1 Å². The van der Waals surface area contributed by atoms with Crippen molar-refractivity contribution in [2.75, 3.05) is 11.9 Å². The molecule has 0 radical (unpaired) electrons. The van der Waals surface area contributed by atoms with Gasteiger partial charge in [-0.2, -0.15) is 0 Å². The highest BCUT2D eigenvalue weighted by atomic mass is 15.0. The Morgan fingerprint density at radius 2 is 1.18 bits per heavy atom. The number of hydrogen-bond acceptors (Lipinski definition) is 4. The lowest BCUT2D eigenvalue weighted by atomic mass is 10.0. The van der Waals surface area contributed by atoms with Gasteiger partial charge in [0.2, 0.25) is 0 Å². The van der Waals surface area contributed by atoms with E-state index in [4.69, 9.17) is 9.97 Å². The van der Waals surface area contributed by atoms with Crippen LogP contribution in [0, 0.1) is 0 Å². The van der Waals surface area contributed by atoms with Crippen LogP contribution in [-0.4, -0.2) is 30.6 Å². The van der Waals surface area contributed by atoms with Crippen LogP contribution in [-0.2, 0) is 0 Å². The summed E-state index contributed by atoms with van der Waals surface area (Å²) in [6.45, 7) is 0.847. The Balaban J connectivity index is 0.915. The molecule has 10 rings (SSSR count). The first kappa shape index (κ1) is 28.2. The van der Waals surface area contributed by atoms with E-state index in [1.807, 2.05) is 24.8 Å². The van der Waals surface area contributed by atoms with E-state index in [1.54, 1.807) is 0 Å². The van der Waals surface area contributed by atoms with Gasteiger partial charge in [0, 0.05) is 70.0 Å². The summed E-state index contributed by atoms with van der Waals surface area (Å²) in [6.07, 6.45) is 12.1. The molecular weight excluding hydrogens is 613 g/mol. The predicted molar refractivity (Wildman–Crippen MR) is 205 cm³/mol. The van der Waals surface area contributed by atoms with Crippen LogP contribution < -0.4 is 5.32 Å². The highest BCUT2D eigenvalue weighted by Crippen LogP contribution is 2.37. The lowest BCUT2D eigenvalue weighted by Crippen LogP contribution is -2.05. The molecule has 0 aliphatic carbocycles. The number of aromatic nitrogens is 5. The molecule has 0 fully saturated rings. The van der Waals surface area contributed by atoms with Gasteiger partial charge in [0.25, 0.3) is 0 Å². The number of para-hydroxylation sites is 2. The molecule has 236 valence electrons. The van der Waals surface area contributed by atoms with Gasteiger partial charge in [0.15, 0.2) is 0 Å². The second-order valence-corrected chi connectivity index (χ2v) is 12.6. The zero-order valence-electron chi connectivity index (χ0n) is 27.0. The van der Waals surface area contributed by atoms with Gasteiger partial charge in [0.05, 0.1) is 39.3 Å². The minimum absolute atomic E-state index is 0.840. The van der Waals surface area contributed by atoms with E-state index in [0.29, 0.717) is 0 Å². The molecule has 0 amide bonds. The fourth-order valence-electron chi connectivity index (χ4n) is 7.37. The van der Waals surface area contributed by atoms with E-state index >= 15 is 0 Å². The third kappa shape index (κ3) is 4.54. The van der Waals surface area contributed by atoms with Crippen LogP contribution in [0.15, 0.2) is 158 Å². The number of rotatable bonds is 5. The van der Waals surface area contributed by atoms with Gasteiger partial charge in [-0.3, -0.25) is 15.0 Å². The van der Waals surface area contributed by atoms with Crippen molar-refractivity contribution < 1.29 is 0 Å². The van der Waals surface area contributed by atoms with Gasteiger partial charge in [0.1, 0.15) is 0 Å². The molecule has 1 aliphatic heterocycles. The molecule has 0 bridgehead atoms. The van der Waals surface area contributed by atoms with Crippen molar-refractivity contribution in [3.05, 3.63) is 164 Å². The first-order valence-electron chi connectivity index (χ1n) is 16.8. The van der Waals surface area contributed by atoms with Crippen molar-refractivity contribution in [3.8, 4) is 45.0 Å². The second-order valence-electron chi connectivity index (χ2n) is 12.6. The summed E-state index contributed by atoms with van der Waals surface area (Å²) in [5, 5.41) is 7.14. The van der Waals surface area contributed by atoms with Crippen LogP contribution in [0.25, 0.3) is 83.8 Å². The summed E-state index contributed by atoms with van der Waals surface area (Å²) in [5.74, 6) is 0. The van der Waals surface area contributed by atoms with Crippen molar-refractivity contribution in [3.63, 3.8) is 0 Å². The first-order valence-corrected chi connectivity index (χ1v) is 16.8. The Morgan fingerprint density at radius 3 is 1.94 bits per heavy atom. The standard InChI is InChI=1S/C44H30N6/c1-3-11-40-35(9-1)37-28-45-24-22-42(37)50(40)34-8-5-7-30(25-34)32-17-21-39(48-27-32)38-20-16-31(26-47-38)29-14-18-33(19-15-29)49-41-12-4-2-10-36(41)44-43(49)13-6-23-46-44/h1-22,24-28,46H,23H2. The first-order chi connectivity index (χ1) is 24.8. The van der Waals surface area contributed by atoms with E-state index in [2.05, 4.69) is 159 Å². The molecule has 1 aliphatic rings. The second kappa shape index (κ2) is 11.4. The molecular formula is C44H30N6. The van der Waals surface area contributed by atoms with E-state index in [9.17, 15) is 0 Å². The van der Waals surface area contributed by atoms with E-state index < -0.39 is 0 Å². The third-order valence-electron chi connectivity index (χ3n) is 9.74. The molecule has 50 heavy (non-hydrogen) atoms. The third-order valence-corrected chi connectivity index (χ3v) is 9.74. The number of anilines is 1. The van der Waals surface area contributed by atoms with Gasteiger partial charge in [-0.25, -0.2) is 0 Å². The van der Waals surface area contributed by atoms with Gasteiger partial charge >= 0.3 is 0 Å². The van der Waals surface area contributed by atoms with Crippen LogP contribution >= 0.6 is 0 Å². The Labute approximate surface area is 288 Å². The van der Waals surface area contributed by atoms with Crippen molar-refractivity contribution >= 4 is 44.5 Å².